The summed E-state index contributed by atoms with van der Waals surface area (Å²) in [6.45, 7) is 0.901. The van der Waals surface area contributed by atoms with Gasteiger partial charge in [-0.1, -0.05) is 11.6 Å². The van der Waals surface area contributed by atoms with Crippen molar-refractivity contribution in [2.75, 3.05) is 37.9 Å². The SMILES string of the molecule is C[N+](C)(O)CCCOc1ccc(Cl)cc1NC(=O)Nc1ccc(C#N)cn1. The maximum atomic E-state index is 12.2. The van der Waals surface area contributed by atoms with Crippen LogP contribution in [0.1, 0.15) is 12.0 Å². The Hall–Kier alpha value is -2.86. The molecule has 2 rings (SSSR count). The molecule has 0 fully saturated rings. The van der Waals surface area contributed by atoms with Crippen molar-refractivity contribution in [3.8, 4) is 11.8 Å². The summed E-state index contributed by atoms with van der Waals surface area (Å²) in [5.41, 5.74) is 0.808. The molecule has 3 N–H and O–H groups in total. The Bertz CT molecular complexity index is 828. The second kappa shape index (κ2) is 9.19. The molecule has 1 aromatic carbocycles. The van der Waals surface area contributed by atoms with E-state index in [4.69, 9.17) is 21.6 Å². The molecule has 0 unspecified atom stereocenters. The molecule has 0 aliphatic carbocycles. The van der Waals surface area contributed by atoms with Crippen LogP contribution in [0, 0.1) is 11.3 Å². The number of nitrogens with zero attached hydrogens (tertiary/aromatic N) is 3. The summed E-state index contributed by atoms with van der Waals surface area (Å²) in [7, 11) is 3.35. The number of carbonyl (C=O) groups excluding carboxylic acids is 1. The standard InChI is InChI=1S/C18H20ClN5O3/c1-24(2,26)8-3-9-27-16-6-5-14(19)10-15(16)22-18(25)23-17-7-4-13(11-20)12-21-17/h4-7,10,12,26H,3,8-9H2,1-2H3,(H-,21,22,23,25)/p+1. The molecular formula is C18H21ClN5O3+. The zero-order chi connectivity index (χ0) is 19.9. The Morgan fingerprint density at radius 3 is 2.74 bits per heavy atom. The fourth-order valence-electron chi connectivity index (χ4n) is 2.16. The largest absolute Gasteiger partial charge is 0.491 e. The molecule has 1 aromatic heterocycles. The first kappa shape index (κ1) is 20.5. The summed E-state index contributed by atoms with van der Waals surface area (Å²) >= 11 is 6.01. The van der Waals surface area contributed by atoms with Crippen molar-refractivity contribution in [3.05, 3.63) is 47.1 Å². The molecule has 0 saturated carbocycles. The number of quaternary nitrogens is 1. The van der Waals surface area contributed by atoms with E-state index in [0.717, 1.165) is 0 Å². The average Bonchev–Trinajstić information content (AvgIpc) is 2.60. The highest BCUT2D eigenvalue weighted by molar-refractivity contribution is 6.31. The van der Waals surface area contributed by atoms with Gasteiger partial charge in [-0.25, -0.2) is 15.0 Å². The molecule has 0 spiro atoms. The van der Waals surface area contributed by atoms with Crippen LogP contribution in [0.4, 0.5) is 16.3 Å². The Labute approximate surface area is 162 Å². The average molecular weight is 391 g/mol. The van der Waals surface area contributed by atoms with Crippen molar-refractivity contribution in [3.63, 3.8) is 0 Å². The molecule has 9 heteroatoms. The number of hydroxylamine groups is 3. The zero-order valence-corrected chi connectivity index (χ0v) is 15.8. The highest BCUT2D eigenvalue weighted by Gasteiger charge is 2.12. The van der Waals surface area contributed by atoms with Crippen molar-refractivity contribution < 1.29 is 19.4 Å². The van der Waals surface area contributed by atoms with E-state index < -0.39 is 6.03 Å². The van der Waals surface area contributed by atoms with Gasteiger partial charge in [-0.3, -0.25) is 5.32 Å². The highest BCUT2D eigenvalue weighted by atomic mass is 35.5. The van der Waals surface area contributed by atoms with Crippen molar-refractivity contribution in [2.45, 2.75) is 6.42 Å². The molecule has 1 heterocycles. The summed E-state index contributed by atoms with van der Waals surface area (Å²) in [6, 6.07) is 9.42. The topological polar surface area (TPSA) is 107 Å². The summed E-state index contributed by atoms with van der Waals surface area (Å²) in [5.74, 6) is 0.768. The molecule has 0 aliphatic rings. The first-order valence-electron chi connectivity index (χ1n) is 8.19. The molecule has 2 aromatic rings. The van der Waals surface area contributed by atoms with Crippen LogP contribution in [0.5, 0.6) is 5.75 Å². The van der Waals surface area contributed by atoms with Gasteiger partial charge in [0, 0.05) is 17.6 Å². The minimum absolute atomic E-state index is 0.144. The Kier molecular flexibility index (Phi) is 6.96. The molecule has 142 valence electrons. The molecule has 0 radical (unpaired) electrons. The smallest absolute Gasteiger partial charge is 0.324 e. The summed E-state index contributed by atoms with van der Waals surface area (Å²) in [6.07, 6.45) is 2.00. The molecule has 0 saturated heterocycles. The summed E-state index contributed by atoms with van der Waals surface area (Å²) in [5, 5.41) is 24.1. The second-order valence-electron chi connectivity index (χ2n) is 6.31. The Balaban J connectivity index is 1.98. The van der Waals surface area contributed by atoms with Gasteiger partial charge in [-0.05, 0) is 30.3 Å². The van der Waals surface area contributed by atoms with Crippen molar-refractivity contribution >= 4 is 29.1 Å². The van der Waals surface area contributed by atoms with E-state index in [1.54, 1.807) is 38.4 Å². The van der Waals surface area contributed by atoms with Crippen molar-refractivity contribution in [2.24, 2.45) is 0 Å². The quantitative estimate of drug-likeness (QED) is 0.381. The van der Waals surface area contributed by atoms with E-state index in [9.17, 15) is 10.0 Å². The highest BCUT2D eigenvalue weighted by Crippen LogP contribution is 2.28. The number of nitrogens with one attached hydrogen (secondary N) is 2. The third-order valence-corrected chi connectivity index (χ3v) is 3.67. The van der Waals surface area contributed by atoms with Crippen LogP contribution in [0.15, 0.2) is 36.5 Å². The molecule has 27 heavy (non-hydrogen) atoms. The number of nitriles is 1. The van der Waals surface area contributed by atoms with Crippen LogP contribution in [-0.4, -0.2) is 48.1 Å². The summed E-state index contributed by atoms with van der Waals surface area (Å²) < 4.78 is 5.55. The normalized spacial score (nSPS) is 10.8. The lowest BCUT2D eigenvalue weighted by molar-refractivity contribution is -1.07. The maximum Gasteiger partial charge on any atom is 0.324 e. The number of aromatic nitrogens is 1. The predicted octanol–water partition coefficient (Wildman–Crippen LogP) is 3.49. The van der Waals surface area contributed by atoms with E-state index in [0.29, 0.717) is 47.4 Å². The van der Waals surface area contributed by atoms with E-state index in [1.807, 2.05) is 6.07 Å². The van der Waals surface area contributed by atoms with Gasteiger partial charge in [-0.15, -0.1) is 0 Å². The number of ether oxygens (including phenoxy) is 1. The lowest BCUT2D eigenvalue weighted by Crippen LogP contribution is -2.36. The van der Waals surface area contributed by atoms with Crippen LogP contribution < -0.4 is 15.4 Å². The third kappa shape index (κ3) is 7.11. The molecule has 2 amide bonds. The van der Waals surface area contributed by atoms with Crippen LogP contribution in [0.3, 0.4) is 0 Å². The van der Waals surface area contributed by atoms with E-state index >= 15 is 0 Å². The predicted molar refractivity (Wildman–Crippen MR) is 102 cm³/mol. The van der Waals surface area contributed by atoms with Crippen molar-refractivity contribution in [1.29, 1.82) is 5.26 Å². The molecule has 0 bridgehead atoms. The van der Waals surface area contributed by atoms with Crippen molar-refractivity contribution in [1.82, 2.24) is 4.98 Å². The Morgan fingerprint density at radius 1 is 1.33 bits per heavy atom. The minimum atomic E-state index is -0.521. The van der Waals surface area contributed by atoms with Crippen LogP contribution in [0.25, 0.3) is 0 Å². The number of pyridine rings is 1. The molecular weight excluding hydrogens is 370 g/mol. The maximum absolute atomic E-state index is 12.2. The number of carbonyl (C=O) groups is 1. The fourth-order valence-corrected chi connectivity index (χ4v) is 2.34. The second-order valence-corrected chi connectivity index (χ2v) is 6.75. The minimum Gasteiger partial charge on any atom is -0.491 e. The van der Waals surface area contributed by atoms with Gasteiger partial charge >= 0.3 is 6.03 Å². The molecule has 8 nitrogen and oxygen atoms in total. The number of halogens is 1. The van der Waals surface area contributed by atoms with Crippen LogP contribution in [-0.2, 0) is 0 Å². The van der Waals surface area contributed by atoms with Gasteiger partial charge in [-0.2, -0.15) is 9.91 Å². The number of amides is 2. The van der Waals surface area contributed by atoms with E-state index in [2.05, 4.69) is 15.6 Å². The van der Waals surface area contributed by atoms with Crippen LogP contribution >= 0.6 is 11.6 Å². The lowest BCUT2D eigenvalue weighted by Gasteiger charge is -2.19. The van der Waals surface area contributed by atoms with Gasteiger partial charge in [0.1, 0.15) is 24.2 Å². The fraction of sp³-hybridized carbons (Fsp3) is 0.278. The number of hydrogen-bond donors (Lipinski definition) is 3. The number of urea groups is 1. The lowest BCUT2D eigenvalue weighted by atomic mass is 10.3. The monoisotopic (exact) mass is 390 g/mol. The van der Waals surface area contributed by atoms with E-state index in [-0.39, 0.29) is 4.65 Å². The number of hydrogen-bond acceptors (Lipinski definition) is 5. The van der Waals surface area contributed by atoms with Gasteiger partial charge in [0.05, 0.1) is 32.0 Å². The summed E-state index contributed by atoms with van der Waals surface area (Å²) in [4.78, 5) is 16.2. The van der Waals surface area contributed by atoms with Gasteiger partial charge in [0.2, 0.25) is 0 Å². The number of benzene rings is 1. The third-order valence-electron chi connectivity index (χ3n) is 3.43. The molecule has 0 aliphatic heterocycles. The number of anilines is 2. The first-order valence-corrected chi connectivity index (χ1v) is 8.57. The number of rotatable bonds is 7. The first-order chi connectivity index (χ1) is 12.8. The van der Waals surface area contributed by atoms with Gasteiger partial charge in [0.25, 0.3) is 0 Å². The zero-order valence-electron chi connectivity index (χ0n) is 15.1. The van der Waals surface area contributed by atoms with Crippen LogP contribution in [0.2, 0.25) is 5.02 Å². The van der Waals surface area contributed by atoms with E-state index in [1.165, 1.54) is 12.3 Å². The molecule has 0 atom stereocenters. The van der Waals surface area contributed by atoms with Gasteiger partial charge < -0.3 is 10.1 Å². The van der Waals surface area contributed by atoms with Gasteiger partial charge in [0.15, 0.2) is 0 Å². The Morgan fingerprint density at radius 2 is 2.11 bits per heavy atom.